The normalized spacial score (nSPS) is 11.5. The molecule has 3 aromatic carbocycles. The molecule has 204 valence electrons. The predicted molar refractivity (Wildman–Crippen MR) is 155 cm³/mol. The van der Waals surface area contributed by atoms with Gasteiger partial charge in [0.2, 0.25) is 9.84 Å². The number of hydrogen-bond acceptors (Lipinski definition) is 6. The molecule has 0 bridgehead atoms. The second kappa shape index (κ2) is 12.3. The maximum atomic E-state index is 13.8. The summed E-state index contributed by atoms with van der Waals surface area (Å²) in [6, 6.07) is 23.4. The van der Waals surface area contributed by atoms with Crippen molar-refractivity contribution in [1.82, 2.24) is 4.98 Å². The van der Waals surface area contributed by atoms with E-state index in [1.54, 1.807) is 19.2 Å². The van der Waals surface area contributed by atoms with E-state index in [9.17, 15) is 18.3 Å². The van der Waals surface area contributed by atoms with Crippen molar-refractivity contribution >= 4 is 21.2 Å². The largest absolute Gasteiger partial charge is 0.504 e. The molecule has 0 radical (unpaired) electrons. The van der Waals surface area contributed by atoms with Crippen LogP contribution in [0.1, 0.15) is 37.9 Å². The summed E-state index contributed by atoms with van der Waals surface area (Å²) in [5, 5.41) is 11.5. The predicted octanol–water partition coefficient (Wildman–Crippen LogP) is 6.23. The molecule has 1 heterocycles. The van der Waals surface area contributed by atoms with Gasteiger partial charge in [-0.3, -0.25) is 4.79 Å². The van der Waals surface area contributed by atoms with E-state index in [-0.39, 0.29) is 4.90 Å². The van der Waals surface area contributed by atoms with Gasteiger partial charge in [-0.05, 0) is 60.7 Å². The van der Waals surface area contributed by atoms with E-state index < -0.39 is 26.0 Å². The highest BCUT2D eigenvalue weighted by molar-refractivity contribution is 7.91. The molecule has 4 rings (SSSR count). The number of rotatable bonds is 11. The number of H-pyrrole nitrogens is 1. The number of aromatic amines is 1. The molecule has 0 unspecified atom stereocenters. The molecule has 0 saturated heterocycles. The third-order valence-electron chi connectivity index (χ3n) is 6.69. The Bertz CT molecular complexity index is 1580. The number of unbranched alkanes of at least 4 members (excludes halogenated alkanes) is 1. The highest BCUT2D eigenvalue weighted by Crippen LogP contribution is 2.40. The van der Waals surface area contributed by atoms with Crippen LogP contribution in [0.15, 0.2) is 93.4 Å². The number of benzene rings is 3. The number of aromatic hydroxyl groups is 1. The number of pyridine rings is 1. The number of para-hydroxylation sites is 1. The average Bonchev–Trinajstić information content (AvgIpc) is 2.94. The minimum absolute atomic E-state index is 0.0775. The van der Waals surface area contributed by atoms with Gasteiger partial charge < -0.3 is 19.7 Å². The van der Waals surface area contributed by atoms with Crippen molar-refractivity contribution < 1.29 is 18.3 Å². The lowest BCUT2D eigenvalue weighted by Gasteiger charge is -2.27. The number of aryl methyl sites for hydroxylation is 1. The fourth-order valence-electron chi connectivity index (χ4n) is 4.78. The van der Waals surface area contributed by atoms with Crippen LogP contribution in [0.5, 0.6) is 5.75 Å². The van der Waals surface area contributed by atoms with Crippen LogP contribution in [0.4, 0.5) is 11.4 Å². The van der Waals surface area contributed by atoms with Gasteiger partial charge in [-0.2, -0.15) is 0 Å². The van der Waals surface area contributed by atoms with E-state index in [1.807, 2.05) is 73.3 Å². The molecule has 2 N–H and O–H groups in total. The number of hydrogen-bond donors (Lipinski definition) is 2. The van der Waals surface area contributed by atoms with E-state index in [0.717, 1.165) is 35.2 Å². The number of aromatic nitrogens is 1. The summed E-state index contributed by atoms with van der Waals surface area (Å²) in [5.74, 6) is -0.537. The molecule has 0 aliphatic heterocycles. The van der Waals surface area contributed by atoms with Crippen LogP contribution in [-0.2, 0) is 27.6 Å². The Morgan fingerprint density at radius 2 is 1.59 bits per heavy atom. The SMILES string of the molecule is CCCCc1[nH]c(=O)c(S(=O)(=O)c2ccc(-c3ccccc3COC)cc2)c(O)c1N(CC)c1ccccc1. The number of nitrogens with one attached hydrogen (secondary N) is 1. The average molecular weight is 547 g/mol. The molecule has 0 saturated carbocycles. The minimum Gasteiger partial charge on any atom is -0.504 e. The summed E-state index contributed by atoms with van der Waals surface area (Å²) in [6.07, 6.45) is 2.14. The smallest absolute Gasteiger partial charge is 0.271 e. The van der Waals surface area contributed by atoms with Crippen molar-refractivity contribution in [2.75, 3.05) is 18.6 Å². The van der Waals surface area contributed by atoms with E-state index >= 15 is 0 Å². The van der Waals surface area contributed by atoms with Gasteiger partial charge in [0.25, 0.3) is 5.56 Å². The van der Waals surface area contributed by atoms with Crippen LogP contribution >= 0.6 is 0 Å². The van der Waals surface area contributed by atoms with Gasteiger partial charge in [0, 0.05) is 25.0 Å². The summed E-state index contributed by atoms with van der Waals surface area (Å²) in [4.78, 5) is 17.1. The van der Waals surface area contributed by atoms with E-state index in [1.165, 1.54) is 12.1 Å². The quantitative estimate of drug-likeness (QED) is 0.231. The Morgan fingerprint density at radius 1 is 0.923 bits per heavy atom. The van der Waals surface area contributed by atoms with Crippen LogP contribution in [-0.4, -0.2) is 32.2 Å². The minimum atomic E-state index is -4.35. The zero-order valence-corrected chi connectivity index (χ0v) is 23.3. The molecular weight excluding hydrogens is 512 g/mol. The number of anilines is 2. The molecular formula is C31H34N2O5S. The molecule has 0 atom stereocenters. The first kappa shape index (κ1) is 28.1. The maximum Gasteiger partial charge on any atom is 0.271 e. The van der Waals surface area contributed by atoms with Crippen LogP contribution in [0.2, 0.25) is 0 Å². The first-order valence-corrected chi connectivity index (χ1v) is 14.5. The fraction of sp³-hybridized carbons (Fsp3) is 0.258. The molecule has 39 heavy (non-hydrogen) atoms. The van der Waals surface area contributed by atoms with Crippen LogP contribution in [0.25, 0.3) is 11.1 Å². The summed E-state index contributed by atoms with van der Waals surface area (Å²) in [7, 11) is -2.73. The van der Waals surface area contributed by atoms with Crippen molar-refractivity contribution in [3.63, 3.8) is 0 Å². The number of sulfone groups is 1. The summed E-state index contributed by atoms with van der Waals surface area (Å²) >= 11 is 0. The Hall–Kier alpha value is -3.88. The molecule has 1 aromatic heterocycles. The molecule has 8 heteroatoms. The summed E-state index contributed by atoms with van der Waals surface area (Å²) in [5.41, 5.74) is 3.47. The Balaban J connectivity index is 1.84. The monoisotopic (exact) mass is 546 g/mol. The van der Waals surface area contributed by atoms with Gasteiger partial charge in [0.15, 0.2) is 10.6 Å². The van der Waals surface area contributed by atoms with Crippen molar-refractivity contribution in [3.8, 4) is 16.9 Å². The first-order valence-electron chi connectivity index (χ1n) is 13.1. The molecule has 4 aromatic rings. The molecule has 7 nitrogen and oxygen atoms in total. The van der Waals surface area contributed by atoms with Crippen LogP contribution < -0.4 is 10.5 Å². The molecule has 0 aliphatic carbocycles. The molecule has 0 fully saturated rings. The zero-order chi connectivity index (χ0) is 28.0. The molecule has 0 amide bonds. The maximum absolute atomic E-state index is 13.8. The van der Waals surface area contributed by atoms with Gasteiger partial charge in [0.05, 0.1) is 11.5 Å². The topological polar surface area (TPSA) is 99.7 Å². The lowest BCUT2D eigenvalue weighted by molar-refractivity contribution is 0.185. The van der Waals surface area contributed by atoms with Gasteiger partial charge in [-0.25, -0.2) is 8.42 Å². The third-order valence-corrected chi connectivity index (χ3v) is 8.50. The second-order valence-corrected chi connectivity index (χ2v) is 11.1. The van der Waals surface area contributed by atoms with Crippen molar-refractivity contribution in [3.05, 3.63) is 100 Å². The highest BCUT2D eigenvalue weighted by atomic mass is 32.2. The second-order valence-electron chi connectivity index (χ2n) is 9.26. The summed E-state index contributed by atoms with van der Waals surface area (Å²) < 4.78 is 32.9. The van der Waals surface area contributed by atoms with Crippen molar-refractivity contribution in [2.45, 2.75) is 49.5 Å². The first-order chi connectivity index (χ1) is 18.8. The standard InChI is InChI=1S/C31H34N2O5S/c1-4-6-16-27-28(33(5-2)24-13-8-7-9-14-24)29(34)30(31(35)32-27)39(36,37)25-19-17-22(18-20-25)26-15-11-10-12-23(26)21-38-3/h7-15,17-20H,4-6,16,21H2,1-3H3,(H2,32,34,35). The third kappa shape index (κ3) is 5.77. The Morgan fingerprint density at radius 3 is 2.23 bits per heavy atom. The van der Waals surface area contributed by atoms with Crippen LogP contribution in [0.3, 0.4) is 0 Å². The highest BCUT2D eigenvalue weighted by Gasteiger charge is 2.31. The number of methoxy groups -OCH3 is 1. The van der Waals surface area contributed by atoms with Crippen molar-refractivity contribution in [2.24, 2.45) is 0 Å². The molecule has 0 spiro atoms. The lowest BCUT2D eigenvalue weighted by atomic mass is 10.0. The van der Waals surface area contributed by atoms with Gasteiger partial charge in [0.1, 0.15) is 5.69 Å². The van der Waals surface area contributed by atoms with Gasteiger partial charge in [-0.1, -0.05) is 67.9 Å². The van der Waals surface area contributed by atoms with Gasteiger partial charge in [-0.15, -0.1) is 0 Å². The van der Waals surface area contributed by atoms with E-state index in [2.05, 4.69) is 4.98 Å². The zero-order valence-electron chi connectivity index (χ0n) is 22.5. The van der Waals surface area contributed by atoms with Crippen molar-refractivity contribution in [1.29, 1.82) is 0 Å². The van der Waals surface area contributed by atoms with E-state index in [4.69, 9.17) is 4.74 Å². The van der Waals surface area contributed by atoms with Gasteiger partial charge >= 0.3 is 0 Å². The van der Waals surface area contributed by atoms with E-state index in [0.29, 0.717) is 31.0 Å². The Kier molecular flexibility index (Phi) is 8.89. The molecule has 0 aliphatic rings. The number of nitrogens with zero attached hydrogens (tertiary/aromatic N) is 1. The lowest BCUT2D eigenvalue weighted by Crippen LogP contribution is -2.25. The van der Waals surface area contributed by atoms with Crippen LogP contribution in [0, 0.1) is 0 Å². The fourth-order valence-corrected chi connectivity index (χ4v) is 6.15. The summed E-state index contributed by atoms with van der Waals surface area (Å²) in [6.45, 7) is 4.82. The Labute approximate surface area is 229 Å². The number of ether oxygens (including phenoxy) is 1.